The van der Waals surface area contributed by atoms with Crippen molar-refractivity contribution >= 4 is 45.4 Å². The first-order valence-corrected chi connectivity index (χ1v) is 12.3. The molecule has 0 fully saturated rings. The Hall–Kier alpha value is -2.62. The van der Waals surface area contributed by atoms with Gasteiger partial charge >= 0.3 is 6.09 Å². The fourth-order valence-electron chi connectivity index (χ4n) is 4.36. The Kier molecular flexibility index (Phi) is 7.90. The molecule has 3 atom stereocenters. The fourth-order valence-corrected chi connectivity index (χ4v) is 4.91. The number of aryl methyl sites for hydroxylation is 1. The van der Waals surface area contributed by atoms with E-state index in [4.69, 9.17) is 4.74 Å². The van der Waals surface area contributed by atoms with Gasteiger partial charge < -0.3 is 20.7 Å². The first kappa shape index (κ1) is 26.0. The van der Waals surface area contributed by atoms with Crippen molar-refractivity contribution in [2.75, 3.05) is 11.9 Å². The zero-order chi connectivity index (χ0) is 25.2. The zero-order valence-electron chi connectivity index (χ0n) is 20.3. The van der Waals surface area contributed by atoms with Crippen molar-refractivity contribution in [1.29, 1.82) is 0 Å². The van der Waals surface area contributed by atoms with Crippen molar-refractivity contribution in [1.82, 2.24) is 16.0 Å². The van der Waals surface area contributed by atoms with Crippen molar-refractivity contribution in [3.63, 3.8) is 0 Å². The molecule has 3 N–H and O–H groups in total. The second-order valence-corrected chi connectivity index (χ2v) is 10.8. The zero-order valence-corrected chi connectivity index (χ0v) is 21.9. The molecule has 4 amide bonds. The molecule has 2 aliphatic rings. The Morgan fingerprint density at radius 2 is 1.91 bits per heavy atom. The summed E-state index contributed by atoms with van der Waals surface area (Å²) in [5.74, 6) is -0.708. The van der Waals surface area contributed by atoms with Gasteiger partial charge in [-0.05, 0) is 70.2 Å². The van der Waals surface area contributed by atoms with Gasteiger partial charge in [-0.3, -0.25) is 19.3 Å². The second kappa shape index (κ2) is 10.3. The molecule has 1 aromatic rings. The van der Waals surface area contributed by atoms with Crippen LogP contribution in [-0.2, 0) is 32.0 Å². The van der Waals surface area contributed by atoms with Crippen molar-refractivity contribution in [3.8, 4) is 0 Å². The minimum absolute atomic E-state index is 0.0948. The second-order valence-electron chi connectivity index (χ2n) is 9.86. The van der Waals surface area contributed by atoms with Crippen LogP contribution >= 0.6 is 15.9 Å². The number of carbonyl (C=O) groups excluding carboxylic acids is 4. The lowest BCUT2D eigenvalue weighted by atomic mass is 10.0. The van der Waals surface area contributed by atoms with E-state index in [1.807, 2.05) is 19.1 Å². The van der Waals surface area contributed by atoms with E-state index in [0.29, 0.717) is 32.1 Å². The molecule has 34 heavy (non-hydrogen) atoms. The molecule has 0 spiro atoms. The lowest BCUT2D eigenvalue weighted by molar-refractivity contribution is -0.127. The van der Waals surface area contributed by atoms with Crippen LogP contribution in [-0.4, -0.2) is 54.6 Å². The number of carbonyl (C=O) groups is 4. The van der Waals surface area contributed by atoms with Gasteiger partial charge in [-0.15, -0.1) is 0 Å². The van der Waals surface area contributed by atoms with E-state index >= 15 is 0 Å². The predicted molar refractivity (Wildman–Crippen MR) is 132 cm³/mol. The summed E-state index contributed by atoms with van der Waals surface area (Å²) in [6.45, 7) is 7.11. The lowest BCUT2D eigenvalue weighted by Crippen LogP contribution is -2.55. The standard InChI is InChI=1S/C24H33BrN4O5/c1-13(6-9-19(30)26-5)27-21(31)18-12-15-11-16(25)10-14-7-8-17(22(32)29(18)20(14)15)28-23(33)34-24(2,3)4/h10-11,13,17-18H,6-9,12H2,1-5H3,(H,26,30)(H,27,31)(H,28,33)/t13-,17+,18+/m1/s1. The minimum atomic E-state index is -0.812. The maximum absolute atomic E-state index is 13.6. The molecule has 0 saturated heterocycles. The summed E-state index contributed by atoms with van der Waals surface area (Å²) in [6, 6.07) is 2.11. The van der Waals surface area contributed by atoms with Crippen LogP contribution in [0.3, 0.4) is 0 Å². The normalized spacial score (nSPS) is 20.2. The van der Waals surface area contributed by atoms with Crippen LogP contribution in [0.2, 0.25) is 0 Å². The van der Waals surface area contributed by atoms with Gasteiger partial charge in [0.1, 0.15) is 17.7 Å². The van der Waals surface area contributed by atoms with Crippen LogP contribution in [0, 0.1) is 0 Å². The van der Waals surface area contributed by atoms with Crippen molar-refractivity contribution in [2.45, 2.75) is 83.5 Å². The molecule has 3 rings (SSSR count). The predicted octanol–water partition coefficient (Wildman–Crippen LogP) is 2.58. The monoisotopic (exact) mass is 536 g/mol. The van der Waals surface area contributed by atoms with Crippen LogP contribution in [0.15, 0.2) is 16.6 Å². The molecule has 10 heteroatoms. The van der Waals surface area contributed by atoms with Crippen LogP contribution in [0.5, 0.6) is 0 Å². The molecule has 2 heterocycles. The number of anilines is 1. The number of ether oxygens (including phenoxy) is 1. The smallest absolute Gasteiger partial charge is 0.408 e. The van der Waals surface area contributed by atoms with Crippen LogP contribution in [0.4, 0.5) is 10.5 Å². The van der Waals surface area contributed by atoms with E-state index in [1.54, 1.807) is 27.8 Å². The van der Waals surface area contributed by atoms with E-state index in [1.165, 1.54) is 4.90 Å². The van der Waals surface area contributed by atoms with Gasteiger partial charge in [0, 0.05) is 30.4 Å². The minimum Gasteiger partial charge on any atom is -0.444 e. The number of nitrogens with one attached hydrogen (secondary N) is 3. The molecule has 0 bridgehead atoms. The number of nitrogens with zero attached hydrogens (tertiary/aromatic N) is 1. The first-order valence-electron chi connectivity index (χ1n) is 11.5. The number of rotatable bonds is 6. The quantitative estimate of drug-likeness (QED) is 0.516. The maximum atomic E-state index is 13.6. The van der Waals surface area contributed by atoms with Gasteiger partial charge in [0.2, 0.25) is 17.7 Å². The number of hydrogen-bond donors (Lipinski definition) is 3. The third kappa shape index (κ3) is 6.08. The maximum Gasteiger partial charge on any atom is 0.408 e. The third-order valence-corrected chi connectivity index (χ3v) is 6.36. The van der Waals surface area contributed by atoms with Gasteiger partial charge in [0.25, 0.3) is 0 Å². The van der Waals surface area contributed by atoms with Gasteiger partial charge in [0.05, 0.1) is 5.69 Å². The summed E-state index contributed by atoms with van der Waals surface area (Å²) in [7, 11) is 1.57. The lowest BCUT2D eigenvalue weighted by Gasteiger charge is -2.29. The molecule has 0 aromatic heterocycles. The highest BCUT2D eigenvalue weighted by Gasteiger charge is 2.44. The van der Waals surface area contributed by atoms with Gasteiger partial charge in [-0.1, -0.05) is 15.9 Å². The molecular formula is C24H33BrN4O5. The third-order valence-electron chi connectivity index (χ3n) is 5.90. The Bertz CT molecular complexity index is 990. The Balaban J connectivity index is 1.83. The highest BCUT2D eigenvalue weighted by Crippen LogP contribution is 2.41. The topological polar surface area (TPSA) is 117 Å². The van der Waals surface area contributed by atoms with E-state index in [2.05, 4.69) is 31.9 Å². The number of alkyl carbamates (subject to hydrolysis) is 1. The van der Waals surface area contributed by atoms with E-state index in [9.17, 15) is 19.2 Å². The SMILES string of the molecule is CNC(=O)CC[C@@H](C)NC(=O)[C@@H]1Cc2cc(Br)cc3c2N1C(=O)[C@@H](NC(=O)OC(C)(C)C)CC3. The molecule has 0 unspecified atom stereocenters. The van der Waals surface area contributed by atoms with Crippen LogP contribution in [0.25, 0.3) is 0 Å². The highest BCUT2D eigenvalue weighted by atomic mass is 79.9. The number of halogens is 1. The Labute approximate surface area is 208 Å². The first-order chi connectivity index (χ1) is 15.9. The Morgan fingerprint density at radius 1 is 1.24 bits per heavy atom. The van der Waals surface area contributed by atoms with Crippen molar-refractivity contribution < 1.29 is 23.9 Å². The average Bonchev–Trinajstić information content (AvgIpc) is 3.06. The molecule has 1 aromatic carbocycles. The average molecular weight is 537 g/mol. The summed E-state index contributed by atoms with van der Waals surface area (Å²) >= 11 is 3.54. The van der Waals surface area contributed by atoms with Crippen molar-refractivity contribution in [2.24, 2.45) is 0 Å². The molecule has 9 nitrogen and oxygen atoms in total. The molecule has 186 valence electrons. The molecule has 0 radical (unpaired) electrons. The van der Waals surface area contributed by atoms with E-state index in [-0.39, 0.29) is 23.8 Å². The summed E-state index contributed by atoms with van der Waals surface area (Å²) in [5, 5.41) is 8.22. The number of amides is 4. The largest absolute Gasteiger partial charge is 0.444 e. The van der Waals surface area contributed by atoms with Crippen LogP contribution in [0.1, 0.15) is 58.1 Å². The number of benzene rings is 1. The highest BCUT2D eigenvalue weighted by molar-refractivity contribution is 9.10. The summed E-state index contributed by atoms with van der Waals surface area (Å²) in [4.78, 5) is 52.4. The van der Waals surface area contributed by atoms with Crippen LogP contribution < -0.4 is 20.9 Å². The summed E-state index contributed by atoms with van der Waals surface area (Å²) in [5.41, 5.74) is 1.92. The van der Waals surface area contributed by atoms with Gasteiger partial charge in [-0.2, -0.15) is 0 Å². The number of hydrogen-bond acceptors (Lipinski definition) is 5. The van der Waals surface area contributed by atoms with Gasteiger partial charge in [-0.25, -0.2) is 4.79 Å². The van der Waals surface area contributed by atoms with Gasteiger partial charge in [0.15, 0.2) is 0 Å². The molecular weight excluding hydrogens is 504 g/mol. The molecule has 0 aliphatic carbocycles. The Morgan fingerprint density at radius 3 is 2.56 bits per heavy atom. The van der Waals surface area contributed by atoms with E-state index < -0.39 is 23.8 Å². The van der Waals surface area contributed by atoms with Crippen molar-refractivity contribution in [3.05, 3.63) is 27.7 Å². The summed E-state index contributed by atoms with van der Waals surface area (Å²) in [6.07, 6.45) is 1.46. The fraction of sp³-hybridized carbons (Fsp3) is 0.583. The molecule has 2 aliphatic heterocycles. The van der Waals surface area contributed by atoms with E-state index in [0.717, 1.165) is 21.3 Å². The molecule has 0 saturated carbocycles. The summed E-state index contributed by atoms with van der Waals surface area (Å²) < 4.78 is 6.23.